The molecule has 0 bridgehead atoms. The smallest absolute Gasteiger partial charge is 0.253 e. The van der Waals surface area contributed by atoms with Crippen LogP contribution in [0, 0.1) is 5.92 Å². The van der Waals surface area contributed by atoms with E-state index in [0.29, 0.717) is 37.6 Å². The summed E-state index contributed by atoms with van der Waals surface area (Å²) in [4.78, 5) is 28.1. The largest absolute Gasteiger partial charge is 0.339 e. The molecule has 1 saturated heterocycles. The molecule has 5 heteroatoms. The Bertz CT molecular complexity index is 532. The van der Waals surface area contributed by atoms with Crippen molar-refractivity contribution in [3.05, 3.63) is 35.4 Å². The van der Waals surface area contributed by atoms with Crippen LogP contribution in [0.25, 0.3) is 0 Å². The summed E-state index contributed by atoms with van der Waals surface area (Å²) in [6.07, 6.45) is 2.07. The number of piperazine rings is 1. The van der Waals surface area contributed by atoms with E-state index in [0.717, 1.165) is 18.4 Å². The lowest BCUT2D eigenvalue weighted by atomic mass is 10.1. The van der Waals surface area contributed by atoms with Gasteiger partial charge in [-0.1, -0.05) is 12.1 Å². The van der Waals surface area contributed by atoms with Crippen molar-refractivity contribution in [2.45, 2.75) is 18.7 Å². The highest BCUT2D eigenvalue weighted by Crippen LogP contribution is 2.31. The molecule has 0 radical (unpaired) electrons. The van der Waals surface area contributed by atoms with Crippen molar-refractivity contribution in [2.75, 3.05) is 26.2 Å². The van der Waals surface area contributed by atoms with Gasteiger partial charge in [0.05, 0.1) is 0 Å². The minimum absolute atomic E-state index is 0.0367. The molecule has 0 N–H and O–H groups in total. The Kier molecular flexibility index (Phi) is 4.15. The Labute approximate surface area is 129 Å². The molecule has 1 aromatic rings. The van der Waals surface area contributed by atoms with Crippen molar-refractivity contribution in [1.29, 1.82) is 0 Å². The van der Waals surface area contributed by atoms with Gasteiger partial charge in [0.25, 0.3) is 5.91 Å². The number of rotatable bonds is 3. The van der Waals surface area contributed by atoms with E-state index in [1.54, 1.807) is 0 Å². The van der Waals surface area contributed by atoms with Crippen LogP contribution in [-0.2, 0) is 10.7 Å². The number of hydrogen-bond donors (Lipinski definition) is 0. The second-order valence-corrected chi connectivity index (χ2v) is 5.99. The van der Waals surface area contributed by atoms with Gasteiger partial charge in [-0.15, -0.1) is 11.6 Å². The molecule has 4 nitrogen and oxygen atoms in total. The Hall–Kier alpha value is -1.55. The van der Waals surface area contributed by atoms with Crippen molar-refractivity contribution in [3.63, 3.8) is 0 Å². The van der Waals surface area contributed by atoms with Crippen molar-refractivity contribution >= 4 is 23.4 Å². The molecule has 2 aliphatic rings. The molecule has 2 fully saturated rings. The Morgan fingerprint density at radius 3 is 2.10 bits per heavy atom. The Morgan fingerprint density at radius 1 is 1.00 bits per heavy atom. The first kappa shape index (κ1) is 14.4. The zero-order chi connectivity index (χ0) is 14.8. The van der Waals surface area contributed by atoms with Crippen LogP contribution >= 0.6 is 11.6 Å². The van der Waals surface area contributed by atoms with Crippen LogP contribution in [-0.4, -0.2) is 47.8 Å². The molecule has 0 atom stereocenters. The third-order valence-corrected chi connectivity index (χ3v) is 4.47. The molecule has 1 aliphatic heterocycles. The second kappa shape index (κ2) is 6.06. The monoisotopic (exact) mass is 306 g/mol. The summed E-state index contributed by atoms with van der Waals surface area (Å²) < 4.78 is 0. The van der Waals surface area contributed by atoms with Crippen LogP contribution in [0.15, 0.2) is 24.3 Å². The van der Waals surface area contributed by atoms with Gasteiger partial charge in [0.2, 0.25) is 5.91 Å². The van der Waals surface area contributed by atoms with E-state index in [9.17, 15) is 9.59 Å². The fourth-order valence-electron chi connectivity index (χ4n) is 2.64. The van der Waals surface area contributed by atoms with Crippen LogP contribution in [0.4, 0.5) is 0 Å². The first-order valence-electron chi connectivity index (χ1n) is 7.42. The van der Waals surface area contributed by atoms with E-state index in [4.69, 9.17) is 11.6 Å². The van der Waals surface area contributed by atoms with E-state index in [1.807, 2.05) is 34.1 Å². The maximum atomic E-state index is 12.4. The summed E-state index contributed by atoms with van der Waals surface area (Å²) in [5.41, 5.74) is 1.69. The van der Waals surface area contributed by atoms with Gasteiger partial charge in [-0.2, -0.15) is 0 Å². The van der Waals surface area contributed by atoms with Crippen molar-refractivity contribution in [2.24, 2.45) is 5.92 Å². The molecule has 1 heterocycles. The average molecular weight is 307 g/mol. The molecule has 1 aromatic carbocycles. The molecule has 2 amide bonds. The topological polar surface area (TPSA) is 40.6 Å². The normalized spacial score (nSPS) is 18.7. The van der Waals surface area contributed by atoms with E-state index in [2.05, 4.69) is 0 Å². The predicted octanol–water partition coefficient (Wildman–Crippen LogP) is 2.12. The molecule has 1 saturated carbocycles. The minimum atomic E-state index is 0.0367. The number of carbonyl (C=O) groups excluding carboxylic acids is 2. The van der Waals surface area contributed by atoms with Crippen LogP contribution in [0.1, 0.15) is 28.8 Å². The van der Waals surface area contributed by atoms with Gasteiger partial charge in [0.1, 0.15) is 0 Å². The van der Waals surface area contributed by atoms with E-state index < -0.39 is 0 Å². The van der Waals surface area contributed by atoms with Crippen molar-refractivity contribution in [3.8, 4) is 0 Å². The molecule has 3 rings (SSSR count). The zero-order valence-corrected chi connectivity index (χ0v) is 12.7. The summed E-state index contributed by atoms with van der Waals surface area (Å²) in [5, 5.41) is 0. The van der Waals surface area contributed by atoms with E-state index in [-0.39, 0.29) is 17.7 Å². The number of nitrogens with zero attached hydrogens (tertiary/aromatic N) is 2. The van der Waals surface area contributed by atoms with Gasteiger partial charge in [0, 0.05) is 43.5 Å². The molecule has 112 valence electrons. The van der Waals surface area contributed by atoms with Crippen LogP contribution in [0.3, 0.4) is 0 Å². The first-order valence-corrected chi connectivity index (χ1v) is 7.95. The van der Waals surface area contributed by atoms with Gasteiger partial charge in [-0.3, -0.25) is 9.59 Å². The third kappa shape index (κ3) is 3.21. The molecular weight excluding hydrogens is 288 g/mol. The lowest BCUT2D eigenvalue weighted by molar-refractivity contribution is -0.134. The molecule has 0 aromatic heterocycles. The Morgan fingerprint density at radius 2 is 1.57 bits per heavy atom. The molecule has 0 spiro atoms. The van der Waals surface area contributed by atoms with Crippen LogP contribution < -0.4 is 0 Å². The molecule has 1 aliphatic carbocycles. The summed E-state index contributed by atoms with van der Waals surface area (Å²) in [5.74, 6) is 1.02. The molecular formula is C16H19ClN2O2. The average Bonchev–Trinajstić information content (AvgIpc) is 3.39. The number of amides is 2. The van der Waals surface area contributed by atoms with Crippen LogP contribution in [0.2, 0.25) is 0 Å². The summed E-state index contributed by atoms with van der Waals surface area (Å²) in [6.45, 7) is 2.55. The third-order valence-electron chi connectivity index (χ3n) is 4.16. The number of hydrogen-bond acceptors (Lipinski definition) is 2. The maximum absolute atomic E-state index is 12.4. The number of alkyl halides is 1. The fraction of sp³-hybridized carbons (Fsp3) is 0.500. The van der Waals surface area contributed by atoms with Gasteiger partial charge < -0.3 is 9.80 Å². The van der Waals surface area contributed by atoms with E-state index in [1.165, 1.54) is 0 Å². The lowest BCUT2D eigenvalue weighted by Crippen LogP contribution is -2.51. The highest BCUT2D eigenvalue weighted by atomic mass is 35.5. The Balaban J connectivity index is 1.57. The fourth-order valence-corrected chi connectivity index (χ4v) is 2.82. The van der Waals surface area contributed by atoms with Crippen LogP contribution in [0.5, 0.6) is 0 Å². The summed E-state index contributed by atoms with van der Waals surface area (Å²) in [6, 6.07) is 7.41. The van der Waals surface area contributed by atoms with Gasteiger partial charge in [0.15, 0.2) is 0 Å². The standard InChI is InChI=1S/C16H19ClN2O2/c17-11-12-1-3-13(4-2-12)15(20)18-7-9-19(10-8-18)16(21)14-5-6-14/h1-4,14H,5-11H2. The summed E-state index contributed by atoms with van der Waals surface area (Å²) >= 11 is 5.75. The minimum Gasteiger partial charge on any atom is -0.339 e. The van der Waals surface area contributed by atoms with Gasteiger partial charge in [-0.05, 0) is 30.5 Å². The maximum Gasteiger partial charge on any atom is 0.253 e. The molecule has 0 unspecified atom stereocenters. The quantitative estimate of drug-likeness (QED) is 0.803. The van der Waals surface area contributed by atoms with E-state index >= 15 is 0 Å². The second-order valence-electron chi connectivity index (χ2n) is 5.72. The summed E-state index contributed by atoms with van der Waals surface area (Å²) in [7, 11) is 0. The number of benzene rings is 1. The predicted molar refractivity (Wildman–Crippen MR) is 81.2 cm³/mol. The highest BCUT2D eigenvalue weighted by Gasteiger charge is 2.35. The van der Waals surface area contributed by atoms with Gasteiger partial charge in [-0.25, -0.2) is 0 Å². The van der Waals surface area contributed by atoms with Crippen molar-refractivity contribution < 1.29 is 9.59 Å². The highest BCUT2D eigenvalue weighted by molar-refractivity contribution is 6.17. The number of halogens is 1. The van der Waals surface area contributed by atoms with Crippen molar-refractivity contribution in [1.82, 2.24) is 9.80 Å². The molecule has 21 heavy (non-hydrogen) atoms. The zero-order valence-electron chi connectivity index (χ0n) is 11.9. The van der Waals surface area contributed by atoms with Gasteiger partial charge >= 0.3 is 0 Å². The lowest BCUT2D eigenvalue weighted by Gasteiger charge is -2.35. The number of carbonyl (C=O) groups is 2. The SMILES string of the molecule is O=C(c1ccc(CCl)cc1)N1CCN(C(=O)C2CC2)CC1. The first-order chi connectivity index (χ1) is 10.2.